The SMILES string of the molecule is C=C(NCCN=[N+]=[N-])[C@H]1CCN(C(=O)O[C@@H](C)/C=C\C(=O)C[C@@H]2C[C@H](C)[C@H](C/C=C(C)/C=C/C3O[C@@](C)(CO)C[C@@]4(CO4)[C@@H]3O)O[C@@H]2C)C1. The number of allylic oxidation sites excluding steroid dienone is 3. The molecule has 1 unspecified atom stereocenters. The Balaban J connectivity index is 1.18. The Morgan fingerprint density at radius 3 is 2.76 bits per heavy atom. The van der Waals surface area contributed by atoms with E-state index in [1.807, 2.05) is 32.9 Å². The topological polar surface area (TPSA) is 179 Å². The van der Waals surface area contributed by atoms with Gasteiger partial charge in [0.05, 0.1) is 31.0 Å². The first-order chi connectivity index (χ1) is 23.3. The molecule has 4 heterocycles. The third-order valence-corrected chi connectivity index (χ3v) is 10.2. The number of amides is 1. The van der Waals surface area contributed by atoms with E-state index in [9.17, 15) is 19.8 Å². The summed E-state index contributed by atoms with van der Waals surface area (Å²) in [5, 5.41) is 27.3. The molecule has 13 heteroatoms. The summed E-state index contributed by atoms with van der Waals surface area (Å²) in [6.07, 6.45) is 9.82. The first-order valence-corrected chi connectivity index (χ1v) is 17.5. The van der Waals surface area contributed by atoms with Crippen LogP contribution in [0.4, 0.5) is 4.79 Å². The van der Waals surface area contributed by atoms with E-state index in [0.717, 1.165) is 30.5 Å². The number of azide groups is 1. The second-order valence-corrected chi connectivity index (χ2v) is 14.5. The van der Waals surface area contributed by atoms with E-state index in [1.54, 1.807) is 17.9 Å². The van der Waals surface area contributed by atoms with Crippen LogP contribution >= 0.6 is 0 Å². The van der Waals surface area contributed by atoms with Gasteiger partial charge >= 0.3 is 6.09 Å². The van der Waals surface area contributed by atoms with Gasteiger partial charge in [-0.05, 0) is 76.5 Å². The van der Waals surface area contributed by atoms with Gasteiger partial charge in [-0.2, -0.15) is 0 Å². The van der Waals surface area contributed by atoms with E-state index in [4.69, 9.17) is 24.5 Å². The number of hydrogen-bond acceptors (Lipinski definition) is 10. The summed E-state index contributed by atoms with van der Waals surface area (Å²) in [5.74, 6) is 0.413. The second kappa shape index (κ2) is 17.2. The molecule has 0 saturated carbocycles. The molecule has 272 valence electrons. The van der Waals surface area contributed by atoms with Crippen LogP contribution in [0.2, 0.25) is 0 Å². The van der Waals surface area contributed by atoms with Crippen molar-refractivity contribution < 1.29 is 38.7 Å². The predicted octanol–water partition coefficient (Wildman–Crippen LogP) is 4.75. The van der Waals surface area contributed by atoms with Crippen LogP contribution in [-0.2, 0) is 23.7 Å². The van der Waals surface area contributed by atoms with Crippen LogP contribution in [0.3, 0.4) is 0 Å². The Morgan fingerprint density at radius 1 is 1.31 bits per heavy atom. The molecule has 0 radical (unpaired) electrons. The molecule has 3 N–H and O–H groups in total. The van der Waals surface area contributed by atoms with Gasteiger partial charge in [0.2, 0.25) is 0 Å². The smallest absolute Gasteiger partial charge is 0.410 e. The molecule has 0 aromatic rings. The predicted molar refractivity (Wildman–Crippen MR) is 184 cm³/mol. The van der Waals surface area contributed by atoms with Gasteiger partial charge < -0.3 is 39.4 Å². The lowest BCUT2D eigenvalue weighted by Crippen LogP contribution is -2.56. The van der Waals surface area contributed by atoms with Crippen molar-refractivity contribution in [1.29, 1.82) is 0 Å². The summed E-state index contributed by atoms with van der Waals surface area (Å²) in [7, 11) is 0. The zero-order chi connectivity index (χ0) is 35.8. The van der Waals surface area contributed by atoms with E-state index in [-0.39, 0.29) is 42.4 Å². The summed E-state index contributed by atoms with van der Waals surface area (Å²) >= 11 is 0. The highest BCUT2D eigenvalue weighted by Gasteiger charge is 2.61. The Hall–Kier alpha value is -3.19. The quantitative estimate of drug-likeness (QED) is 0.0417. The zero-order valence-electron chi connectivity index (χ0n) is 29.6. The van der Waals surface area contributed by atoms with Gasteiger partial charge in [0.15, 0.2) is 5.78 Å². The minimum Gasteiger partial charge on any atom is -0.442 e. The summed E-state index contributed by atoms with van der Waals surface area (Å²) in [5.41, 5.74) is 8.83. The van der Waals surface area contributed by atoms with E-state index in [0.29, 0.717) is 45.6 Å². The second-order valence-electron chi connectivity index (χ2n) is 14.5. The number of epoxide rings is 1. The van der Waals surface area contributed by atoms with Crippen molar-refractivity contribution in [3.63, 3.8) is 0 Å². The van der Waals surface area contributed by atoms with Crippen molar-refractivity contribution in [1.82, 2.24) is 10.2 Å². The highest BCUT2D eigenvalue weighted by atomic mass is 16.6. The minimum absolute atomic E-state index is 0.0212. The molecule has 1 spiro atoms. The number of rotatable bonds is 15. The maximum absolute atomic E-state index is 12.9. The molecule has 4 saturated heterocycles. The molecule has 1 amide bonds. The minimum atomic E-state index is -0.784. The van der Waals surface area contributed by atoms with Gasteiger partial charge in [-0.1, -0.05) is 42.4 Å². The van der Waals surface area contributed by atoms with Crippen LogP contribution in [-0.4, -0.2) is 108 Å². The number of carbonyl (C=O) groups is 2. The fraction of sp³-hybridized carbons (Fsp3) is 0.722. The van der Waals surface area contributed by atoms with Gasteiger partial charge in [-0.3, -0.25) is 4.79 Å². The summed E-state index contributed by atoms with van der Waals surface area (Å²) in [6.45, 7) is 16.0. The normalized spacial score (nSPS) is 35.4. The van der Waals surface area contributed by atoms with Gasteiger partial charge in [-0.25, -0.2) is 4.79 Å². The highest BCUT2D eigenvalue weighted by Crippen LogP contribution is 2.46. The number of aliphatic hydroxyl groups is 2. The molecule has 0 aromatic heterocycles. The van der Waals surface area contributed by atoms with Gasteiger partial charge in [0.1, 0.15) is 23.9 Å². The number of hydrogen-bond donors (Lipinski definition) is 3. The molecular weight excluding hydrogens is 630 g/mol. The van der Waals surface area contributed by atoms with Crippen LogP contribution < -0.4 is 5.32 Å². The average Bonchev–Trinajstić information content (AvgIpc) is 3.64. The van der Waals surface area contributed by atoms with Crippen LogP contribution in [0.5, 0.6) is 0 Å². The standard InChI is InChI=1S/C36H55N5O8/c1-23(8-12-32-33(44)36(22-46-36)20-35(6,21-42)49-32)7-11-31-24(2)17-29(27(5)48-31)18-30(43)10-9-25(3)47-34(45)41-16-13-28(19-41)26(4)38-14-15-39-40-37/h7-10,12,24-25,27-29,31-33,38,42,44H,4,11,13-22H2,1-3,5-6H3/b10-9-,12-8+,23-7+/t24-,25-,27+,28-,29-,31-,32?,33+,35+,36+/m0/s1. The first kappa shape index (κ1) is 38.6. The molecule has 10 atom stereocenters. The van der Waals surface area contributed by atoms with Crippen molar-refractivity contribution in [3.8, 4) is 0 Å². The molecule has 4 fully saturated rings. The zero-order valence-corrected chi connectivity index (χ0v) is 29.6. The largest absolute Gasteiger partial charge is 0.442 e. The Labute approximate surface area is 290 Å². The third kappa shape index (κ3) is 10.7. The molecule has 13 nitrogen and oxygen atoms in total. The molecule has 4 aliphatic heterocycles. The van der Waals surface area contributed by atoms with Crippen LogP contribution in [0.25, 0.3) is 10.4 Å². The molecule has 49 heavy (non-hydrogen) atoms. The monoisotopic (exact) mass is 685 g/mol. The van der Waals surface area contributed by atoms with Gasteiger partial charge in [-0.15, -0.1) is 0 Å². The van der Waals surface area contributed by atoms with Crippen LogP contribution in [0.1, 0.15) is 66.7 Å². The fourth-order valence-electron chi connectivity index (χ4n) is 7.08. The molecule has 4 aliphatic rings. The van der Waals surface area contributed by atoms with Gasteiger partial charge in [0.25, 0.3) is 0 Å². The van der Waals surface area contributed by atoms with E-state index in [2.05, 4.69) is 34.9 Å². The maximum atomic E-state index is 12.9. The number of ketones is 1. The van der Waals surface area contributed by atoms with Crippen molar-refractivity contribution in [2.75, 3.05) is 39.4 Å². The van der Waals surface area contributed by atoms with Crippen LogP contribution in [0, 0.1) is 17.8 Å². The van der Waals surface area contributed by atoms with Crippen LogP contribution in [0.15, 0.2) is 53.3 Å². The third-order valence-electron chi connectivity index (χ3n) is 10.2. The van der Waals surface area contributed by atoms with Crippen molar-refractivity contribution >= 4 is 11.9 Å². The van der Waals surface area contributed by atoms with Crippen molar-refractivity contribution in [2.45, 2.75) is 108 Å². The van der Waals surface area contributed by atoms with E-state index in [1.165, 1.54) is 6.08 Å². The lowest BCUT2D eigenvalue weighted by Gasteiger charge is -2.42. The fourth-order valence-corrected chi connectivity index (χ4v) is 7.08. The number of aliphatic hydroxyl groups excluding tert-OH is 2. The lowest BCUT2D eigenvalue weighted by molar-refractivity contribution is -0.192. The first-order valence-electron chi connectivity index (χ1n) is 17.5. The Bertz CT molecular complexity index is 1320. The summed E-state index contributed by atoms with van der Waals surface area (Å²) in [4.78, 5) is 29.9. The number of nitrogens with zero attached hydrogens (tertiary/aromatic N) is 4. The summed E-state index contributed by atoms with van der Waals surface area (Å²) in [6, 6.07) is 0. The molecule has 0 bridgehead atoms. The van der Waals surface area contributed by atoms with E-state index < -0.39 is 35.6 Å². The highest BCUT2D eigenvalue weighted by molar-refractivity contribution is 5.89. The summed E-state index contributed by atoms with van der Waals surface area (Å²) < 4.78 is 23.6. The Morgan fingerprint density at radius 2 is 2.06 bits per heavy atom. The molecule has 0 aliphatic carbocycles. The van der Waals surface area contributed by atoms with Gasteiger partial charge in [0, 0.05) is 55.5 Å². The Kier molecular flexibility index (Phi) is 13.5. The van der Waals surface area contributed by atoms with E-state index >= 15 is 0 Å². The number of carbonyl (C=O) groups excluding carboxylic acids is 2. The van der Waals surface area contributed by atoms with Crippen molar-refractivity contribution in [3.05, 3.63) is 58.7 Å². The number of likely N-dealkylation sites (tertiary alicyclic amines) is 1. The maximum Gasteiger partial charge on any atom is 0.410 e. The lowest BCUT2D eigenvalue weighted by atomic mass is 9.81. The molecule has 0 aromatic carbocycles. The molecular formula is C36H55N5O8. The number of ether oxygens (including phenoxy) is 4. The van der Waals surface area contributed by atoms with Crippen molar-refractivity contribution in [2.24, 2.45) is 22.9 Å². The average molecular weight is 686 g/mol. The molecule has 4 rings (SSSR count). The number of nitrogens with one attached hydrogen (secondary N) is 1.